The highest BCUT2D eigenvalue weighted by molar-refractivity contribution is 5.78. The summed E-state index contributed by atoms with van der Waals surface area (Å²) in [4.78, 5) is 13.2. The molecule has 0 aromatic heterocycles. The molecule has 1 amide bonds. The van der Waals surface area contributed by atoms with E-state index in [1.54, 1.807) is 0 Å². The van der Waals surface area contributed by atoms with Crippen molar-refractivity contribution in [2.75, 3.05) is 32.8 Å². The van der Waals surface area contributed by atoms with E-state index in [0.717, 1.165) is 39.0 Å². The van der Waals surface area contributed by atoms with Crippen LogP contribution in [0.2, 0.25) is 0 Å². The summed E-state index contributed by atoms with van der Waals surface area (Å²) in [5, 5.41) is 8.34. The van der Waals surface area contributed by atoms with Gasteiger partial charge in [-0.25, -0.2) is 0 Å². The number of hydrogen-bond donors (Lipinski definition) is 1. The minimum absolute atomic E-state index is 0.0497. The van der Waals surface area contributed by atoms with Crippen LogP contribution >= 0.6 is 0 Å². The first-order valence-electron chi connectivity index (χ1n) is 6.20. The van der Waals surface area contributed by atoms with Gasteiger partial charge in [0.05, 0.1) is 25.6 Å². The predicted octanol–water partition coefficient (Wildman–Crippen LogP) is 0.504. The normalized spacial score (nSPS) is 16.8. The SMILES string of the molecule is N#CCCOCCC1CCN(C(=O)CN)CC1. The van der Waals surface area contributed by atoms with Gasteiger partial charge in [-0.3, -0.25) is 4.79 Å². The lowest BCUT2D eigenvalue weighted by atomic mass is 9.94. The van der Waals surface area contributed by atoms with Gasteiger partial charge in [-0.1, -0.05) is 0 Å². The van der Waals surface area contributed by atoms with Crippen molar-refractivity contribution in [3.05, 3.63) is 0 Å². The van der Waals surface area contributed by atoms with E-state index in [4.69, 9.17) is 15.7 Å². The molecule has 0 atom stereocenters. The Hall–Kier alpha value is -1.12. The fourth-order valence-electron chi connectivity index (χ4n) is 2.07. The Morgan fingerprint density at radius 3 is 2.71 bits per heavy atom. The summed E-state index contributed by atoms with van der Waals surface area (Å²) < 4.78 is 5.35. The zero-order valence-corrected chi connectivity index (χ0v) is 10.2. The van der Waals surface area contributed by atoms with Gasteiger partial charge in [-0.15, -0.1) is 0 Å². The molecule has 0 aliphatic carbocycles. The molecular weight excluding hydrogens is 218 g/mol. The quantitative estimate of drug-likeness (QED) is 0.685. The van der Waals surface area contributed by atoms with E-state index in [1.165, 1.54) is 0 Å². The number of nitriles is 1. The van der Waals surface area contributed by atoms with E-state index in [9.17, 15) is 4.79 Å². The third kappa shape index (κ3) is 5.16. The minimum Gasteiger partial charge on any atom is -0.380 e. The Kier molecular flexibility index (Phi) is 6.60. The molecule has 0 radical (unpaired) electrons. The van der Waals surface area contributed by atoms with Gasteiger partial charge in [0, 0.05) is 19.7 Å². The number of likely N-dealkylation sites (tertiary alicyclic amines) is 1. The van der Waals surface area contributed by atoms with E-state index in [2.05, 4.69) is 0 Å². The summed E-state index contributed by atoms with van der Waals surface area (Å²) in [6, 6.07) is 2.05. The van der Waals surface area contributed by atoms with Crippen molar-refractivity contribution < 1.29 is 9.53 Å². The minimum atomic E-state index is 0.0497. The number of hydrogen-bond acceptors (Lipinski definition) is 4. The molecule has 1 heterocycles. The fourth-order valence-corrected chi connectivity index (χ4v) is 2.07. The topological polar surface area (TPSA) is 79.3 Å². The van der Waals surface area contributed by atoms with Gasteiger partial charge < -0.3 is 15.4 Å². The number of amides is 1. The third-order valence-electron chi connectivity index (χ3n) is 3.17. The van der Waals surface area contributed by atoms with E-state index >= 15 is 0 Å². The number of rotatable bonds is 6. The van der Waals surface area contributed by atoms with Crippen LogP contribution < -0.4 is 5.73 Å². The second kappa shape index (κ2) is 8.04. The summed E-state index contributed by atoms with van der Waals surface area (Å²) in [7, 11) is 0. The lowest BCUT2D eigenvalue weighted by Gasteiger charge is -2.31. The van der Waals surface area contributed by atoms with Crippen LogP contribution in [0.1, 0.15) is 25.7 Å². The maximum atomic E-state index is 11.4. The van der Waals surface area contributed by atoms with Gasteiger partial charge in [0.15, 0.2) is 0 Å². The van der Waals surface area contributed by atoms with Gasteiger partial charge in [-0.2, -0.15) is 5.26 Å². The molecule has 5 nitrogen and oxygen atoms in total. The number of nitrogens with zero attached hydrogens (tertiary/aromatic N) is 2. The van der Waals surface area contributed by atoms with Crippen LogP contribution in [-0.2, 0) is 9.53 Å². The van der Waals surface area contributed by atoms with Gasteiger partial charge in [0.1, 0.15) is 0 Å². The maximum Gasteiger partial charge on any atom is 0.236 e. The van der Waals surface area contributed by atoms with Crippen LogP contribution in [-0.4, -0.2) is 43.7 Å². The highest BCUT2D eigenvalue weighted by Gasteiger charge is 2.21. The van der Waals surface area contributed by atoms with Crippen molar-refractivity contribution in [2.45, 2.75) is 25.7 Å². The second-order valence-corrected chi connectivity index (χ2v) is 4.34. The van der Waals surface area contributed by atoms with Crippen molar-refractivity contribution in [1.29, 1.82) is 5.26 Å². The largest absolute Gasteiger partial charge is 0.380 e. The summed E-state index contributed by atoms with van der Waals surface area (Å²) in [5.41, 5.74) is 5.33. The molecule has 0 aromatic rings. The average molecular weight is 239 g/mol. The standard InChI is InChI=1S/C12H21N3O2/c13-5-1-8-17-9-4-11-2-6-15(7-3-11)12(16)10-14/h11H,1-4,6-10,14H2. The van der Waals surface area contributed by atoms with Crippen molar-refractivity contribution in [3.63, 3.8) is 0 Å². The molecular formula is C12H21N3O2. The van der Waals surface area contributed by atoms with Crippen LogP contribution in [0.3, 0.4) is 0 Å². The van der Waals surface area contributed by atoms with E-state index in [0.29, 0.717) is 18.9 Å². The molecule has 17 heavy (non-hydrogen) atoms. The van der Waals surface area contributed by atoms with Crippen LogP contribution in [0.25, 0.3) is 0 Å². The van der Waals surface area contributed by atoms with Gasteiger partial charge in [0.2, 0.25) is 5.91 Å². The van der Waals surface area contributed by atoms with Crippen molar-refractivity contribution in [1.82, 2.24) is 4.90 Å². The average Bonchev–Trinajstić information content (AvgIpc) is 2.38. The molecule has 1 aliphatic rings. The molecule has 5 heteroatoms. The first-order valence-corrected chi connectivity index (χ1v) is 6.20. The Labute approximate surface area is 103 Å². The van der Waals surface area contributed by atoms with E-state index < -0.39 is 0 Å². The highest BCUT2D eigenvalue weighted by atomic mass is 16.5. The first kappa shape index (κ1) is 13.9. The zero-order chi connectivity index (χ0) is 12.5. The summed E-state index contributed by atoms with van der Waals surface area (Å²) in [5.74, 6) is 0.688. The van der Waals surface area contributed by atoms with E-state index in [-0.39, 0.29) is 12.5 Å². The lowest BCUT2D eigenvalue weighted by molar-refractivity contribution is -0.131. The number of carbonyl (C=O) groups is 1. The Morgan fingerprint density at radius 2 is 2.12 bits per heavy atom. The number of nitrogens with two attached hydrogens (primary N) is 1. The summed E-state index contributed by atoms with van der Waals surface area (Å²) in [6.07, 6.45) is 3.56. The van der Waals surface area contributed by atoms with Gasteiger partial charge in [-0.05, 0) is 25.2 Å². The molecule has 0 bridgehead atoms. The van der Waals surface area contributed by atoms with Crippen LogP contribution in [0.5, 0.6) is 0 Å². The summed E-state index contributed by atoms with van der Waals surface area (Å²) in [6.45, 7) is 3.00. The molecule has 1 fully saturated rings. The maximum absolute atomic E-state index is 11.4. The summed E-state index contributed by atoms with van der Waals surface area (Å²) >= 11 is 0. The van der Waals surface area contributed by atoms with E-state index in [1.807, 2.05) is 11.0 Å². The molecule has 1 saturated heterocycles. The van der Waals surface area contributed by atoms with Crippen molar-refractivity contribution >= 4 is 5.91 Å². The molecule has 0 spiro atoms. The lowest BCUT2D eigenvalue weighted by Crippen LogP contribution is -2.41. The third-order valence-corrected chi connectivity index (χ3v) is 3.17. The number of piperidine rings is 1. The predicted molar refractivity (Wildman–Crippen MR) is 64.0 cm³/mol. The molecule has 0 aromatic carbocycles. The van der Waals surface area contributed by atoms with Gasteiger partial charge in [0.25, 0.3) is 0 Å². The second-order valence-electron chi connectivity index (χ2n) is 4.34. The molecule has 0 unspecified atom stereocenters. The van der Waals surface area contributed by atoms with Crippen LogP contribution in [0, 0.1) is 17.2 Å². The van der Waals surface area contributed by atoms with Gasteiger partial charge >= 0.3 is 0 Å². The number of carbonyl (C=O) groups excluding carboxylic acids is 1. The Bertz CT molecular complexity index is 267. The van der Waals surface area contributed by atoms with Crippen LogP contribution in [0.15, 0.2) is 0 Å². The molecule has 0 saturated carbocycles. The van der Waals surface area contributed by atoms with Crippen LogP contribution in [0.4, 0.5) is 0 Å². The molecule has 2 N–H and O–H groups in total. The smallest absolute Gasteiger partial charge is 0.236 e. The Balaban J connectivity index is 2.07. The van der Waals surface area contributed by atoms with Crippen molar-refractivity contribution in [2.24, 2.45) is 11.7 Å². The molecule has 1 rings (SSSR count). The highest BCUT2D eigenvalue weighted by Crippen LogP contribution is 2.20. The monoisotopic (exact) mass is 239 g/mol. The zero-order valence-electron chi connectivity index (χ0n) is 10.2. The molecule has 96 valence electrons. The molecule has 1 aliphatic heterocycles. The number of ether oxygens (including phenoxy) is 1. The van der Waals surface area contributed by atoms with Crippen molar-refractivity contribution in [3.8, 4) is 6.07 Å². The Morgan fingerprint density at radius 1 is 1.41 bits per heavy atom. The first-order chi connectivity index (χ1) is 8.27. The fraction of sp³-hybridized carbons (Fsp3) is 0.833.